The summed E-state index contributed by atoms with van der Waals surface area (Å²) in [6.07, 6.45) is 1.79. The number of carbonyl (C=O) groups excluding carboxylic acids is 1. The number of hydrogen-bond donors (Lipinski definition) is 1. The molecule has 1 unspecified atom stereocenters. The number of carbonyl (C=O) groups is 2. The van der Waals surface area contributed by atoms with Crippen LogP contribution in [-0.2, 0) is 4.79 Å². The van der Waals surface area contributed by atoms with Crippen molar-refractivity contribution in [3.8, 4) is 0 Å². The third-order valence-corrected chi connectivity index (χ3v) is 3.94. The molecule has 0 aromatic rings. The number of hydrogen-bond acceptors (Lipinski definition) is 2. The second-order valence-corrected chi connectivity index (χ2v) is 5.66. The van der Waals surface area contributed by atoms with Gasteiger partial charge in [-0.2, -0.15) is 0 Å². The molecule has 0 bridgehead atoms. The molecule has 110 valence electrons. The number of rotatable bonds is 5. The van der Waals surface area contributed by atoms with Crippen LogP contribution in [0.2, 0.25) is 0 Å². The zero-order valence-corrected chi connectivity index (χ0v) is 12.5. The molecule has 0 spiro atoms. The van der Waals surface area contributed by atoms with E-state index >= 15 is 0 Å². The van der Waals surface area contributed by atoms with E-state index in [1.54, 1.807) is 9.80 Å². The maximum absolute atomic E-state index is 12.6. The lowest BCUT2D eigenvalue weighted by Crippen LogP contribution is -2.56. The number of aliphatic carboxylic acids is 1. The summed E-state index contributed by atoms with van der Waals surface area (Å²) >= 11 is 0. The van der Waals surface area contributed by atoms with Crippen molar-refractivity contribution in [2.75, 3.05) is 19.6 Å². The molecule has 5 nitrogen and oxygen atoms in total. The summed E-state index contributed by atoms with van der Waals surface area (Å²) < 4.78 is 0. The first-order chi connectivity index (χ1) is 8.89. The van der Waals surface area contributed by atoms with E-state index in [0.29, 0.717) is 38.4 Å². The summed E-state index contributed by atoms with van der Waals surface area (Å²) in [5.41, 5.74) is -0.999. The molecular formula is C14H26N2O3. The van der Waals surface area contributed by atoms with Crippen molar-refractivity contribution < 1.29 is 14.7 Å². The van der Waals surface area contributed by atoms with Crippen molar-refractivity contribution in [1.82, 2.24) is 9.80 Å². The van der Waals surface area contributed by atoms with Gasteiger partial charge in [0, 0.05) is 19.6 Å². The van der Waals surface area contributed by atoms with Gasteiger partial charge < -0.3 is 14.9 Å². The smallest absolute Gasteiger partial charge is 0.329 e. The van der Waals surface area contributed by atoms with Gasteiger partial charge in [0.05, 0.1) is 0 Å². The monoisotopic (exact) mass is 270 g/mol. The van der Waals surface area contributed by atoms with Crippen molar-refractivity contribution in [2.24, 2.45) is 5.92 Å². The minimum absolute atomic E-state index is 0.127. The van der Waals surface area contributed by atoms with Crippen LogP contribution < -0.4 is 0 Å². The molecule has 0 aliphatic carbocycles. The van der Waals surface area contributed by atoms with Crippen LogP contribution in [0.25, 0.3) is 0 Å². The van der Waals surface area contributed by atoms with Crippen molar-refractivity contribution in [2.45, 2.75) is 52.5 Å². The van der Waals surface area contributed by atoms with Crippen LogP contribution in [0.1, 0.15) is 47.0 Å². The van der Waals surface area contributed by atoms with E-state index in [1.807, 2.05) is 13.8 Å². The number of carboxylic acids is 1. The predicted molar refractivity (Wildman–Crippen MR) is 74.1 cm³/mol. The van der Waals surface area contributed by atoms with Gasteiger partial charge in [-0.3, -0.25) is 0 Å². The number of nitrogens with zero attached hydrogens (tertiary/aromatic N) is 2. The molecule has 0 aromatic carbocycles. The zero-order chi connectivity index (χ0) is 14.6. The lowest BCUT2D eigenvalue weighted by atomic mass is 9.93. The first-order valence-electron chi connectivity index (χ1n) is 7.19. The van der Waals surface area contributed by atoms with E-state index in [9.17, 15) is 14.7 Å². The Morgan fingerprint density at radius 2 is 2.00 bits per heavy atom. The van der Waals surface area contributed by atoms with Crippen LogP contribution >= 0.6 is 0 Å². The third kappa shape index (κ3) is 3.01. The molecule has 1 heterocycles. The van der Waals surface area contributed by atoms with Gasteiger partial charge in [-0.05, 0) is 32.1 Å². The number of urea groups is 1. The highest BCUT2D eigenvalue weighted by Crippen LogP contribution is 2.33. The highest BCUT2D eigenvalue weighted by atomic mass is 16.4. The third-order valence-electron chi connectivity index (χ3n) is 3.94. The Labute approximate surface area is 115 Å². The predicted octanol–water partition coefficient (Wildman–Crippen LogP) is 2.41. The van der Waals surface area contributed by atoms with Crippen molar-refractivity contribution in [1.29, 1.82) is 0 Å². The van der Waals surface area contributed by atoms with Crippen LogP contribution in [0.5, 0.6) is 0 Å². The first-order valence-corrected chi connectivity index (χ1v) is 7.19. The van der Waals surface area contributed by atoms with Gasteiger partial charge in [0.1, 0.15) is 5.54 Å². The molecule has 0 aromatic heterocycles. The minimum atomic E-state index is -0.999. The second kappa shape index (κ2) is 6.26. The Balaban J connectivity index is 2.93. The van der Waals surface area contributed by atoms with Gasteiger partial charge in [-0.1, -0.05) is 20.8 Å². The maximum atomic E-state index is 12.6. The molecule has 1 saturated heterocycles. The van der Waals surface area contributed by atoms with E-state index in [1.165, 1.54) is 0 Å². The topological polar surface area (TPSA) is 60.9 Å². The van der Waals surface area contributed by atoms with Gasteiger partial charge in [-0.15, -0.1) is 0 Å². The largest absolute Gasteiger partial charge is 0.479 e. The number of likely N-dealkylation sites (tertiary alicyclic amines) is 1. The lowest BCUT2D eigenvalue weighted by molar-refractivity contribution is -0.148. The Kier molecular flexibility index (Phi) is 5.20. The highest BCUT2D eigenvalue weighted by Gasteiger charge is 2.49. The molecule has 1 N–H and O–H groups in total. The van der Waals surface area contributed by atoms with Crippen LogP contribution in [0.4, 0.5) is 4.79 Å². The quantitative estimate of drug-likeness (QED) is 0.834. The SMILES string of the molecule is CCN(CC(C)C)C(=O)N1CCCC1(CC)C(=O)O. The van der Waals surface area contributed by atoms with Gasteiger partial charge >= 0.3 is 12.0 Å². The van der Waals surface area contributed by atoms with E-state index in [4.69, 9.17) is 0 Å². The molecule has 1 aliphatic heterocycles. The molecule has 1 aliphatic rings. The van der Waals surface area contributed by atoms with Crippen molar-refractivity contribution >= 4 is 12.0 Å². The molecule has 1 fully saturated rings. The molecular weight excluding hydrogens is 244 g/mol. The van der Waals surface area contributed by atoms with Crippen LogP contribution in [0.15, 0.2) is 0 Å². The average molecular weight is 270 g/mol. The standard InChI is InChI=1S/C14H26N2O3/c1-5-14(12(17)18)8-7-9-16(14)13(19)15(6-2)10-11(3)4/h11H,5-10H2,1-4H3,(H,17,18). The summed E-state index contributed by atoms with van der Waals surface area (Å²) in [7, 11) is 0. The van der Waals surface area contributed by atoms with E-state index in [2.05, 4.69) is 13.8 Å². The van der Waals surface area contributed by atoms with E-state index in [-0.39, 0.29) is 6.03 Å². The fourth-order valence-electron chi connectivity index (χ4n) is 2.85. The Hall–Kier alpha value is -1.26. The minimum Gasteiger partial charge on any atom is -0.479 e. The van der Waals surface area contributed by atoms with E-state index < -0.39 is 11.5 Å². The molecule has 2 amide bonds. The molecule has 1 atom stereocenters. The van der Waals surface area contributed by atoms with Gasteiger partial charge in [-0.25, -0.2) is 9.59 Å². The molecule has 19 heavy (non-hydrogen) atoms. The highest BCUT2D eigenvalue weighted by molar-refractivity contribution is 5.87. The summed E-state index contributed by atoms with van der Waals surface area (Å²) in [4.78, 5) is 27.5. The van der Waals surface area contributed by atoms with Gasteiger partial charge in [0.2, 0.25) is 0 Å². The van der Waals surface area contributed by atoms with Crippen LogP contribution in [-0.4, -0.2) is 52.1 Å². The fourth-order valence-corrected chi connectivity index (χ4v) is 2.85. The van der Waals surface area contributed by atoms with E-state index in [0.717, 1.165) is 6.42 Å². The summed E-state index contributed by atoms with van der Waals surface area (Å²) in [6, 6.07) is -0.127. The van der Waals surface area contributed by atoms with Crippen LogP contribution in [0, 0.1) is 5.92 Å². The van der Waals surface area contributed by atoms with Crippen LogP contribution in [0.3, 0.4) is 0 Å². The Bertz CT molecular complexity index is 344. The molecule has 0 saturated carbocycles. The first kappa shape index (κ1) is 15.8. The average Bonchev–Trinajstić information content (AvgIpc) is 2.79. The fraction of sp³-hybridized carbons (Fsp3) is 0.857. The maximum Gasteiger partial charge on any atom is 0.329 e. The summed E-state index contributed by atoms with van der Waals surface area (Å²) in [6.45, 7) is 9.74. The van der Waals surface area contributed by atoms with Gasteiger partial charge in [0.15, 0.2) is 0 Å². The summed E-state index contributed by atoms with van der Waals surface area (Å²) in [5, 5.41) is 9.51. The molecule has 5 heteroatoms. The zero-order valence-electron chi connectivity index (χ0n) is 12.5. The van der Waals surface area contributed by atoms with Gasteiger partial charge in [0.25, 0.3) is 0 Å². The lowest BCUT2D eigenvalue weighted by Gasteiger charge is -2.37. The Morgan fingerprint density at radius 1 is 1.37 bits per heavy atom. The number of carboxylic acid groups (broad SMARTS) is 1. The Morgan fingerprint density at radius 3 is 2.42 bits per heavy atom. The molecule has 0 radical (unpaired) electrons. The summed E-state index contributed by atoms with van der Waals surface area (Å²) in [5.74, 6) is -0.492. The van der Waals surface area contributed by atoms with Crippen molar-refractivity contribution in [3.63, 3.8) is 0 Å². The second-order valence-electron chi connectivity index (χ2n) is 5.66. The molecule has 1 rings (SSSR count). The number of amides is 2. The normalized spacial score (nSPS) is 22.9. The van der Waals surface area contributed by atoms with Crippen molar-refractivity contribution in [3.05, 3.63) is 0 Å².